The summed E-state index contributed by atoms with van der Waals surface area (Å²) in [6.07, 6.45) is 1.04. The molecule has 98 valence electrons. The average molecular weight is 257 g/mol. The summed E-state index contributed by atoms with van der Waals surface area (Å²) in [5.74, 6) is -0.218. The lowest BCUT2D eigenvalue weighted by Crippen LogP contribution is -2.22. The molecule has 1 unspecified atom stereocenters. The Morgan fingerprint density at radius 1 is 1.11 bits per heavy atom. The van der Waals surface area contributed by atoms with Crippen molar-refractivity contribution in [3.63, 3.8) is 0 Å². The van der Waals surface area contributed by atoms with E-state index in [4.69, 9.17) is 4.74 Å². The van der Waals surface area contributed by atoms with Crippen LogP contribution >= 0.6 is 0 Å². The van der Waals surface area contributed by atoms with Crippen LogP contribution in [0.15, 0.2) is 48.5 Å². The Labute approximate surface area is 112 Å². The highest BCUT2D eigenvalue weighted by Crippen LogP contribution is 2.27. The van der Waals surface area contributed by atoms with E-state index in [0.29, 0.717) is 6.54 Å². The van der Waals surface area contributed by atoms with Gasteiger partial charge in [0, 0.05) is 12.2 Å². The quantitative estimate of drug-likeness (QED) is 0.908. The number of nitrogens with one attached hydrogen (secondary N) is 1. The second kappa shape index (κ2) is 5.41. The van der Waals surface area contributed by atoms with Gasteiger partial charge < -0.3 is 10.1 Å². The summed E-state index contributed by atoms with van der Waals surface area (Å²) in [6.45, 7) is 1.45. The Balaban J connectivity index is 1.69. The zero-order chi connectivity index (χ0) is 13.1. The fourth-order valence-corrected chi connectivity index (χ4v) is 2.42. The molecule has 2 aromatic carbocycles. The summed E-state index contributed by atoms with van der Waals surface area (Å²) < 4.78 is 18.6. The molecule has 2 aromatic rings. The monoisotopic (exact) mass is 257 g/mol. The van der Waals surface area contributed by atoms with Crippen molar-refractivity contribution in [1.29, 1.82) is 0 Å². The molecule has 1 aliphatic rings. The molecule has 1 atom stereocenters. The summed E-state index contributed by atoms with van der Waals surface area (Å²) in [4.78, 5) is 0. The number of halogens is 1. The first-order chi connectivity index (χ1) is 9.33. The van der Waals surface area contributed by atoms with Crippen LogP contribution in [0.4, 0.5) is 10.1 Å². The van der Waals surface area contributed by atoms with Gasteiger partial charge in [0.05, 0.1) is 12.7 Å². The molecule has 1 aliphatic heterocycles. The van der Waals surface area contributed by atoms with Crippen LogP contribution in [0.3, 0.4) is 0 Å². The summed E-state index contributed by atoms with van der Waals surface area (Å²) in [7, 11) is 0. The number of rotatable bonds is 3. The van der Waals surface area contributed by atoms with Gasteiger partial charge in [0.25, 0.3) is 0 Å². The number of hydrogen-bond donors (Lipinski definition) is 1. The molecule has 2 nitrogen and oxygen atoms in total. The Bertz CT molecular complexity index is 553. The van der Waals surface area contributed by atoms with Gasteiger partial charge in [-0.3, -0.25) is 0 Å². The van der Waals surface area contributed by atoms with E-state index in [0.717, 1.165) is 18.7 Å². The maximum absolute atomic E-state index is 12.8. The molecule has 0 fully saturated rings. The third kappa shape index (κ3) is 2.76. The number of benzene rings is 2. The molecular formula is C16H16FNO. The summed E-state index contributed by atoms with van der Waals surface area (Å²) in [5, 5.41) is 3.29. The Kier molecular flexibility index (Phi) is 3.47. The van der Waals surface area contributed by atoms with Crippen LogP contribution in [0.2, 0.25) is 0 Å². The van der Waals surface area contributed by atoms with E-state index in [-0.39, 0.29) is 11.9 Å². The number of fused-ring (bicyclic) bond motifs is 1. The zero-order valence-electron chi connectivity index (χ0n) is 10.6. The summed E-state index contributed by atoms with van der Waals surface area (Å²) in [6, 6.07) is 14.8. The highest BCUT2D eigenvalue weighted by molar-refractivity contribution is 5.43. The van der Waals surface area contributed by atoms with E-state index < -0.39 is 0 Å². The van der Waals surface area contributed by atoms with Gasteiger partial charge in [-0.05, 0) is 41.8 Å². The molecule has 0 saturated heterocycles. The minimum absolute atomic E-state index is 0.0648. The van der Waals surface area contributed by atoms with Crippen molar-refractivity contribution >= 4 is 5.69 Å². The topological polar surface area (TPSA) is 21.3 Å². The zero-order valence-corrected chi connectivity index (χ0v) is 10.6. The van der Waals surface area contributed by atoms with Crippen molar-refractivity contribution in [1.82, 2.24) is 0 Å². The van der Waals surface area contributed by atoms with E-state index in [1.807, 2.05) is 6.07 Å². The van der Waals surface area contributed by atoms with Crippen LogP contribution in [0, 0.1) is 5.82 Å². The van der Waals surface area contributed by atoms with E-state index in [9.17, 15) is 4.39 Å². The predicted octanol–water partition coefficient (Wildman–Crippen LogP) is 3.55. The second-order valence-electron chi connectivity index (χ2n) is 4.70. The van der Waals surface area contributed by atoms with E-state index >= 15 is 0 Å². The van der Waals surface area contributed by atoms with Crippen molar-refractivity contribution < 1.29 is 9.13 Å². The average Bonchev–Trinajstić information content (AvgIpc) is 2.47. The van der Waals surface area contributed by atoms with Crippen LogP contribution in [-0.2, 0) is 11.2 Å². The second-order valence-corrected chi connectivity index (χ2v) is 4.70. The van der Waals surface area contributed by atoms with Crippen LogP contribution in [0.25, 0.3) is 0 Å². The van der Waals surface area contributed by atoms with E-state index in [1.54, 1.807) is 12.1 Å². The standard InChI is InChI=1S/C16H16FNO/c17-13-5-7-14(8-6-13)18-11-16-15-4-2-1-3-12(15)9-10-19-16/h1-8,16,18H,9-11H2. The van der Waals surface area contributed by atoms with Gasteiger partial charge >= 0.3 is 0 Å². The first-order valence-electron chi connectivity index (χ1n) is 6.52. The highest BCUT2D eigenvalue weighted by Gasteiger charge is 2.19. The lowest BCUT2D eigenvalue weighted by molar-refractivity contribution is 0.0513. The summed E-state index contributed by atoms with van der Waals surface area (Å²) in [5.41, 5.74) is 3.52. The molecule has 0 bridgehead atoms. The maximum atomic E-state index is 12.8. The van der Waals surface area contributed by atoms with Crippen LogP contribution in [0.5, 0.6) is 0 Å². The van der Waals surface area contributed by atoms with Gasteiger partial charge in [-0.15, -0.1) is 0 Å². The Morgan fingerprint density at radius 3 is 2.74 bits per heavy atom. The van der Waals surface area contributed by atoms with Crippen LogP contribution < -0.4 is 5.32 Å². The van der Waals surface area contributed by atoms with E-state index in [1.165, 1.54) is 23.3 Å². The normalized spacial score (nSPS) is 17.8. The molecule has 1 N–H and O–H groups in total. The predicted molar refractivity (Wildman–Crippen MR) is 73.7 cm³/mol. The minimum Gasteiger partial charge on any atom is -0.382 e. The molecule has 0 spiro atoms. The molecule has 1 heterocycles. The fraction of sp³-hybridized carbons (Fsp3) is 0.250. The molecule has 0 saturated carbocycles. The molecule has 0 radical (unpaired) electrons. The van der Waals surface area contributed by atoms with Crippen molar-refractivity contribution in [3.05, 3.63) is 65.5 Å². The third-order valence-electron chi connectivity index (χ3n) is 3.43. The van der Waals surface area contributed by atoms with Gasteiger partial charge in [-0.25, -0.2) is 4.39 Å². The van der Waals surface area contributed by atoms with Gasteiger partial charge in [0.15, 0.2) is 0 Å². The van der Waals surface area contributed by atoms with Gasteiger partial charge in [0.2, 0.25) is 0 Å². The van der Waals surface area contributed by atoms with Crippen LogP contribution in [-0.4, -0.2) is 13.2 Å². The fourth-order valence-electron chi connectivity index (χ4n) is 2.42. The largest absolute Gasteiger partial charge is 0.382 e. The van der Waals surface area contributed by atoms with Crippen molar-refractivity contribution in [2.45, 2.75) is 12.5 Å². The van der Waals surface area contributed by atoms with Crippen LogP contribution in [0.1, 0.15) is 17.2 Å². The molecular weight excluding hydrogens is 241 g/mol. The Hall–Kier alpha value is -1.87. The minimum atomic E-state index is -0.218. The van der Waals surface area contributed by atoms with Crippen molar-refractivity contribution in [2.24, 2.45) is 0 Å². The van der Waals surface area contributed by atoms with Crippen molar-refractivity contribution in [2.75, 3.05) is 18.5 Å². The Morgan fingerprint density at radius 2 is 1.89 bits per heavy atom. The van der Waals surface area contributed by atoms with Gasteiger partial charge in [-0.2, -0.15) is 0 Å². The third-order valence-corrected chi connectivity index (χ3v) is 3.43. The molecule has 3 rings (SSSR count). The molecule has 0 aromatic heterocycles. The lowest BCUT2D eigenvalue weighted by atomic mass is 9.97. The van der Waals surface area contributed by atoms with Gasteiger partial charge in [-0.1, -0.05) is 24.3 Å². The van der Waals surface area contributed by atoms with Crippen molar-refractivity contribution in [3.8, 4) is 0 Å². The first kappa shape index (κ1) is 12.2. The highest BCUT2D eigenvalue weighted by atomic mass is 19.1. The summed E-state index contributed by atoms with van der Waals surface area (Å²) >= 11 is 0. The SMILES string of the molecule is Fc1ccc(NCC2OCCc3ccccc32)cc1. The molecule has 0 aliphatic carbocycles. The number of anilines is 1. The first-order valence-corrected chi connectivity index (χ1v) is 6.52. The van der Waals surface area contributed by atoms with Gasteiger partial charge in [0.1, 0.15) is 5.82 Å². The van der Waals surface area contributed by atoms with E-state index in [2.05, 4.69) is 23.5 Å². The number of ether oxygens (including phenoxy) is 1. The molecule has 19 heavy (non-hydrogen) atoms. The molecule has 0 amide bonds. The number of hydrogen-bond acceptors (Lipinski definition) is 2. The maximum Gasteiger partial charge on any atom is 0.123 e. The molecule has 3 heteroatoms. The smallest absolute Gasteiger partial charge is 0.123 e. The lowest BCUT2D eigenvalue weighted by Gasteiger charge is -2.26.